The number of halogens is 5. The van der Waals surface area contributed by atoms with E-state index in [-0.39, 0.29) is 29.2 Å². The maximum Gasteiger partial charge on any atom is 0.416 e. The Balaban J connectivity index is 1.87. The van der Waals surface area contributed by atoms with E-state index in [2.05, 4.69) is 14.9 Å². The lowest BCUT2D eigenvalue weighted by molar-refractivity contribution is -0.137. The minimum Gasteiger partial charge on any atom is -0.424 e. The molecule has 1 N–H and O–H groups in total. The van der Waals surface area contributed by atoms with Gasteiger partial charge >= 0.3 is 12.2 Å². The van der Waals surface area contributed by atoms with Crippen LogP contribution in [-0.4, -0.2) is 23.2 Å². The van der Waals surface area contributed by atoms with E-state index in [9.17, 15) is 26.0 Å². The van der Waals surface area contributed by atoms with Crippen LogP contribution in [0, 0.1) is 5.82 Å². The van der Waals surface area contributed by atoms with Gasteiger partial charge in [-0.05, 0) is 56.3 Å². The van der Waals surface area contributed by atoms with Crippen molar-refractivity contribution in [3.63, 3.8) is 0 Å². The van der Waals surface area contributed by atoms with Crippen LogP contribution in [0.4, 0.5) is 17.6 Å². The summed E-state index contributed by atoms with van der Waals surface area (Å²) in [6.07, 6.45) is -4.74. The summed E-state index contributed by atoms with van der Waals surface area (Å²) < 4.78 is 86.9. The predicted molar refractivity (Wildman–Crippen MR) is 107 cm³/mol. The lowest BCUT2D eigenvalue weighted by atomic mass is 10.2. The molecule has 0 amide bonds. The number of rotatable bonds is 7. The molecule has 13 heteroatoms. The Labute approximate surface area is 186 Å². The van der Waals surface area contributed by atoms with Crippen LogP contribution >= 0.6 is 11.6 Å². The minimum atomic E-state index is -4.74. The topological polar surface area (TPSA) is 86.1 Å². The molecular weight excluding hydrogens is 476 g/mol. The van der Waals surface area contributed by atoms with Gasteiger partial charge in [0.15, 0.2) is 5.82 Å². The van der Waals surface area contributed by atoms with E-state index in [0.29, 0.717) is 12.1 Å². The molecule has 32 heavy (non-hydrogen) atoms. The molecule has 0 saturated heterocycles. The Hall–Kier alpha value is -2.70. The lowest BCUT2D eigenvalue weighted by Gasteiger charge is -2.17. The summed E-state index contributed by atoms with van der Waals surface area (Å²) >= 11 is 5.86. The molecule has 0 fully saturated rings. The second-order valence-electron chi connectivity index (χ2n) is 6.63. The zero-order valence-electron chi connectivity index (χ0n) is 16.7. The van der Waals surface area contributed by atoms with Gasteiger partial charge in [0.25, 0.3) is 0 Å². The van der Waals surface area contributed by atoms with Crippen LogP contribution in [0.15, 0.2) is 47.4 Å². The van der Waals surface area contributed by atoms with E-state index in [0.717, 1.165) is 6.07 Å². The third kappa shape index (κ3) is 5.19. The average molecular weight is 493 g/mol. The van der Waals surface area contributed by atoms with Crippen molar-refractivity contribution in [2.45, 2.75) is 37.5 Å². The zero-order valence-corrected chi connectivity index (χ0v) is 18.3. The molecule has 3 rings (SSSR count). The first kappa shape index (κ1) is 24.0. The van der Waals surface area contributed by atoms with Crippen molar-refractivity contribution in [2.24, 2.45) is 0 Å². The SMILES string of the molecule is CCn1c(Oc2ccc(F)cc2)nnc1[C@@H](C)NS(=O)(=O)c1cc(C(F)(F)F)ccc1Cl. The first-order valence-electron chi connectivity index (χ1n) is 9.18. The van der Waals surface area contributed by atoms with Crippen molar-refractivity contribution in [1.82, 2.24) is 19.5 Å². The number of nitrogens with zero attached hydrogens (tertiary/aromatic N) is 3. The first-order valence-corrected chi connectivity index (χ1v) is 11.0. The number of benzene rings is 2. The molecule has 0 bridgehead atoms. The second kappa shape index (κ2) is 9.04. The fraction of sp³-hybridized carbons (Fsp3) is 0.263. The van der Waals surface area contributed by atoms with Gasteiger partial charge in [0.1, 0.15) is 16.5 Å². The highest BCUT2D eigenvalue weighted by atomic mass is 35.5. The Morgan fingerprint density at radius 1 is 1.16 bits per heavy atom. The van der Waals surface area contributed by atoms with Gasteiger partial charge in [-0.2, -0.15) is 13.2 Å². The summed E-state index contributed by atoms with van der Waals surface area (Å²) in [5.41, 5.74) is -1.15. The maximum atomic E-state index is 13.1. The van der Waals surface area contributed by atoms with Gasteiger partial charge in [0, 0.05) is 6.54 Å². The van der Waals surface area contributed by atoms with Gasteiger partial charge < -0.3 is 4.74 Å². The van der Waals surface area contributed by atoms with Gasteiger partial charge in [0.2, 0.25) is 10.0 Å². The first-order chi connectivity index (χ1) is 14.9. The van der Waals surface area contributed by atoms with E-state index in [1.807, 2.05) is 0 Å². The molecule has 0 aliphatic carbocycles. The van der Waals surface area contributed by atoms with Crippen molar-refractivity contribution in [2.75, 3.05) is 0 Å². The summed E-state index contributed by atoms with van der Waals surface area (Å²) in [4.78, 5) is -0.716. The molecule has 0 unspecified atom stereocenters. The van der Waals surface area contributed by atoms with E-state index < -0.39 is 38.5 Å². The summed E-state index contributed by atoms with van der Waals surface area (Å²) in [7, 11) is -4.45. The van der Waals surface area contributed by atoms with E-state index in [1.54, 1.807) is 6.92 Å². The van der Waals surface area contributed by atoms with Crippen molar-refractivity contribution in [1.29, 1.82) is 0 Å². The third-order valence-electron chi connectivity index (χ3n) is 4.35. The molecular formula is C19H17ClF4N4O3S. The highest BCUT2D eigenvalue weighted by Gasteiger charge is 2.33. The highest BCUT2D eigenvalue weighted by molar-refractivity contribution is 7.89. The van der Waals surface area contributed by atoms with Crippen LogP contribution in [-0.2, 0) is 22.7 Å². The zero-order chi connectivity index (χ0) is 23.7. The fourth-order valence-electron chi connectivity index (χ4n) is 2.84. The molecule has 0 aliphatic heterocycles. The van der Waals surface area contributed by atoms with E-state index in [1.165, 1.54) is 35.8 Å². The van der Waals surface area contributed by atoms with E-state index in [4.69, 9.17) is 16.3 Å². The molecule has 172 valence electrons. The van der Waals surface area contributed by atoms with Crippen molar-refractivity contribution in [3.8, 4) is 11.8 Å². The van der Waals surface area contributed by atoms with Crippen molar-refractivity contribution >= 4 is 21.6 Å². The molecule has 0 radical (unpaired) electrons. The number of sulfonamides is 1. The summed E-state index contributed by atoms with van der Waals surface area (Å²) in [6, 6.07) is 6.20. The van der Waals surface area contributed by atoms with Crippen molar-refractivity contribution in [3.05, 3.63) is 64.7 Å². The average Bonchev–Trinajstić information content (AvgIpc) is 3.11. The molecule has 1 atom stereocenters. The monoisotopic (exact) mass is 492 g/mol. The molecule has 7 nitrogen and oxygen atoms in total. The fourth-order valence-corrected chi connectivity index (χ4v) is 4.56. The molecule has 0 aliphatic rings. The van der Waals surface area contributed by atoms with Crippen LogP contribution in [0.25, 0.3) is 0 Å². The molecule has 0 saturated carbocycles. The van der Waals surface area contributed by atoms with Gasteiger partial charge in [0.05, 0.1) is 16.6 Å². The largest absolute Gasteiger partial charge is 0.424 e. The van der Waals surface area contributed by atoms with Crippen LogP contribution in [0.3, 0.4) is 0 Å². The number of hydrogen-bond donors (Lipinski definition) is 1. The number of alkyl halides is 3. The van der Waals surface area contributed by atoms with Crippen LogP contribution < -0.4 is 9.46 Å². The smallest absolute Gasteiger partial charge is 0.416 e. The quantitative estimate of drug-likeness (QED) is 0.472. The van der Waals surface area contributed by atoms with E-state index >= 15 is 0 Å². The maximum absolute atomic E-state index is 13.1. The Morgan fingerprint density at radius 2 is 1.81 bits per heavy atom. The summed E-state index contributed by atoms with van der Waals surface area (Å²) in [5, 5.41) is 7.45. The number of hydrogen-bond acceptors (Lipinski definition) is 5. The van der Waals surface area contributed by atoms with Crippen molar-refractivity contribution < 1.29 is 30.7 Å². The molecule has 3 aromatic rings. The van der Waals surface area contributed by atoms with Gasteiger partial charge in [-0.3, -0.25) is 4.57 Å². The van der Waals surface area contributed by atoms with Gasteiger partial charge in [-0.15, -0.1) is 5.10 Å². The third-order valence-corrected chi connectivity index (χ3v) is 6.37. The molecule has 1 aromatic heterocycles. The standard InChI is InChI=1S/C19H17ClF4N4O3S/c1-3-28-17(25-26-18(28)31-14-7-5-13(21)6-8-14)11(2)27-32(29,30)16-10-12(19(22,23)24)4-9-15(16)20/h4-11,27H,3H2,1-2H3/t11-/m1/s1. The van der Waals surface area contributed by atoms with Gasteiger partial charge in [-0.1, -0.05) is 16.7 Å². The highest BCUT2D eigenvalue weighted by Crippen LogP contribution is 2.34. The molecule has 1 heterocycles. The predicted octanol–water partition coefficient (Wildman–Crippen LogP) is 4.94. The Kier molecular flexibility index (Phi) is 6.77. The number of aromatic nitrogens is 3. The summed E-state index contributed by atoms with van der Waals surface area (Å²) in [5.74, 6) is -0.0217. The van der Waals surface area contributed by atoms with Crippen LogP contribution in [0.5, 0.6) is 11.8 Å². The number of ether oxygens (including phenoxy) is 1. The normalized spacial score (nSPS) is 13.2. The lowest BCUT2D eigenvalue weighted by Crippen LogP contribution is -2.29. The minimum absolute atomic E-state index is 0.0252. The van der Waals surface area contributed by atoms with Gasteiger partial charge in [-0.25, -0.2) is 17.5 Å². The van der Waals surface area contributed by atoms with Crippen LogP contribution in [0.2, 0.25) is 5.02 Å². The number of nitrogens with one attached hydrogen (secondary N) is 1. The second-order valence-corrected chi connectivity index (χ2v) is 8.72. The summed E-state index contributed by atoms with van der Waals surface area (Å²) in [6.45, 7) is 3.46. The molecule has 0 spiro atoms. The molecule has 2 aromatic carbocycles. The Morgan fingerprint density at radius 3 is 2.41 bits per heavy atom. The Bertz CT molecular complexity index is 1210. The van der Waals surface area contributed by atoms with Crippen LogP contribution in [0.1, 0.15) is 31.3 Å².